The molecule has 12 aromatic rings. The zero-order chi connectivity index (χ0) is 103. The molecule has 4 aromatic carbocycles. The molecular weight excluding hydrogens is 1980 g/mol. The third kappa shape index (κ3) is 19.7. The van der Waals surface area contributed by atoms with E-state index in [9.17, 15) is 88.0 Å². The van der Waals surface area contributed by atoms with Crippen LogP contribution in [0.4, 0.5) is 66.7 Å². The van der Waals surface area contributed by atoms with Crippen molar-refractivity contribution in [3.8, 4) is 46.0 Å². The molecule has 0 radical (unpaired) electrons. The number of anilines is 4. The van der Waals surface area contributed by atoms with E-state index in [2.05, 4.69) is 25.1 Å². The molecule has 8 aromatic heterocycles. The van der Waals surface area contributed by atoms with E-state index in [1.54, 1.807) is 53.4 Å². The lowest BCUT2D eigenvalue weighted by Crippen LogP contribution is -2.42. The number of halogens is 10. The molecule has 51 heteroatoms. The fourth-order valence-electron chi connectivity index (χ4n) is 17.5. The lowest BCUT2D eigenvalue weighted by molar-refractivity contribution is 0.0972. The van der Waals surface area contributed by atoms with Crippen LogP contribution >= 0.6 is 0 Å². The van der Waals surface area contributed by atoms with Gasteiger partial charge in [-0.3, -0.25) is 19.2 Å². The minimum absolute atomic E-state index is 0.0378. The highest BCUT2D eigenvalue weighted by Crippen LogP contribution is 2.53. The van der Waals surface area contributed by atoms with Gasteiger partial charge in [-0.15, -0.1) is 0 Å². The monoisotopic (exact) mass is 2080 g/mol. The number of fused-ring (bicyclic) bond motifs is 8. The molecule has 0 saturated carbocycles. The van der Waals surface area contributed by atoms with Gasteiger partial charge in [0, 0.05) is 148 Å². The predicted molar refractivity (Wildman–Crippen MR) is 497 cm³/mol. The van der Waals surface area contributed by atoms with Crippen molar-refractivity contribution in [3.63, 3.8) is 0 Å². The number of aromatic nitrogens is 8. The van der Waals surface area contributed by atoms with E-state index >= 15 is 8.78 Å². The number of ether oxygens (including phenoxy) is 8. The first-order chi connectivity index (χ1) is 67.4. The van der Waals surface area contributed by atoms with Gasteiger partial charge in [-0.1, -0.05) is 6.92 Å². The van der Waals surface area contributed by atoms with E-state index < -0.39 is 162 Å². The van der Waals surface area contributed by atoms with Crippen LogP contribution in [0.5, 0.6) is 46.0 Å². The number of carbonyl (C=O) groups excluding carboxylic acids is 4. The van der Waals surface area contributed by atoms with Crippen molar-refractivity contribution < 1.29 is 135 Å². The van der Waals surface area contributed by atoms with Crippen molar-refractivity contribution >= 4 is 109 Å². The van der Waals surface area contributed by atoms with Crippen LogP contribution in [-0.2, 0) is 40.3 Å². The van der Waals surface area contributed by atoms with Crippen LogP contribution < -0.4 is 76.4 Å². The van der Waals surface area contributed by atoms with E-state index in [-0.39, 0.29) is 171 Å². The first-order valence-corrected chi connectivity index (χ1v) is 50.5. The molecule has 762 valence electrons. The van der Waals surface area contributed by atoms with Crippen molar-refractivity contribution in [2.45, 2.75) is 158 Å². The van der Waals surface area contributed by atoms with Crippen LogP contribution in [0.25, 0.3) is 22.1 Å². The molecule has 143 heavy (non-hydrogen) atoms. The van der Waals surface area contributed by atoms with Crippen molar-refractivity contribution in [1.82, 2.24) is 61.6 Å². The summed E-state index contributed by atoms with van der Waals surface area (Å²) in [6, 6.07) is 16.6. The molecule has 16 heterocycles. The lowest BCUT2D eigenvalue weighted by atomic mass is 10.0. The fraction of sp³-hybridized carbons (Fsp3) is 0.391. The molecule has 4 amide bonds. The van der Waals surface area contributed by atoms with Crippen molar-refractivity contribution in [3.05, 3.63) is 214 Å². The Balaban J connectivity index is 0.000000131. The minimum Gasteiger partial charge on any atom is -0.486 e. The maximum atomic E-state index is 16.0. The molecule has 8 aliphatic heterocycles. The molecule has 8 atom stereocenters. The number of sulfonamides is 3. The summed E-state index contributed by atoms with van der Waals surface area (Å²) in [6.07, 6.45) is 5.64. The number of alkyl halides is 4. The number of nitrogens with zero attached hydrogens (tertiary/aromatic N) is 13. The topological polar surface area (TPSA) is 412 Å². The summed E-state index contributed by atoms with van der Waals surface area (Å²) in [5.74, 6) is -5.61. The Morgan fingerprint density at radius 3 is 1.01 bits per heavy atom. The SMILES string of the molecule is CC(C)(C)S(=O)(=O)NC(=O)c1cnn2ccc(N3C[C@@H](F)C[C@@H]3c3cc(F)cc4c3OCCO4)c(F)c12.CC(C)(C)S(=O)(=O)NC(=O)c1cnn2ccc(N3C[C@@H](F)C[C@@H]3c3cc(F)cc4c3OCO4)c(F)c12.CC(C)(C)S(=O)(=O)NC(=O)c1cnn2ccc(N3C[C@@H](F)C[C@@H]3c3cc(F)cc4c3OCO4)cc12.CCN(C)S(=O)(=O)NC(=O)c1cnn2ccc(N3C[C@@H](F)C[C@@H]3c3cc(F)cc4c3OCO4)cc12. The predicted octanol–water partition coefficient (Wildman–Crippen LogP) is 12.8. The van der Waals surface area contributed by atoms with Gasteiger partial charge in [0.2, 0.25) is 50.4 Å². The number of carbonyl (C=O) groups is 4. The largest absolute Gasteiger partial charge is 0.486 e. The normalized spacial score (nSPS) is 19.8. The first-order valence-electron chi connectivity index (χ1n) is 44.6. The number of nitrogens with one attached hydrogen (secondary N) is 4. The van der Waals surface area contributed by atoms with Gasteiger partial charge >= 0.3 is 10.2 Å². The second-order valence-electron chi connectivity index (χ2n) is 37.5. The molecular formula is C92H95F10N17O20S4. The molecule has 4 fully saturated rings. The number of pyridine rings is 4. The van der Waals surface area contributed by atoms with Crippen LogP contribution in [0.3, 0.4) is 0 Å². The molecule has 0 unspecified atom stereocenters. The van der Waals surface area contributed by atoms with E-state index in [0.717, 1.165) is 31.8 Å². The van der Waals surface area contributed by atoms with Gasteiger partial charge in [-0.25, -0.2) is 106 Å². The minimum atomic E-state index is -4.08. The first kappa shape index (κ1) is 101. The zero-order valence-electron chi connectivity index (χ0n) is 78.1. The van der Waals surface area contributed by atoms with Gasteiger partial charge < -0.3 is 57.5 Å². The highest BCUT2D eigenvalue weighted by molar-refractivity contribution is 7.92. The van der Waals surface area contributed by atoms with Crippen molar-refractivity contribution in [2.75, 3.05) is 93.0 Å². The summed E-state index contributed by atoms with van der Waals surface area (Å²) in [5.41, 5.74) is 2.17. The number of benzene rings is 4. The standard InChI is InChI=1S/C24H25F3N4O5S.C23H23F3N4O5S.C23H24F2N4O5S.C22H23F2N5O5S/c1-24(2,3)37(33,34)29-23(32)16-11-28-31-5-4-17(20(27)21(16)31)30-12-14(26)9-18(30)15-8-13(25)10-19-22(15)36-7-6-35-19;1-23(2,3)36(32,33)28-22(31)15-9-27-30-5-4-16(19(26)20(15)30)29-10-13(25)7-17(29)14-6-12(24)8-18-21(14)35-11-34-18;1-23(2,3)35(31,32)27-22(30)17-10-26-29-5-4-15(9-19(17)29)28-11-14(25)7-18(28)16-6-13(24)8-20-21(16)34-12-33-20;1-3-27(2)35(31,32)26-22(30)17-10-25-29-5-4-15(9-19(17)29)28-11-14(24)7-18(28)16-6-13(23)8-20-21(16)34-12-33-20/h4-5,8,10-11,14,18H,6-7,9,12H2,1-3H3,(H,29,32);4-6,8-9,13,17H,7,10-11H2,1-3H3,(H,28,31);4-6,8-10,14,18H,7,11-12H2,1-3H3,(H,27,30);4-6,8-10,14,18H,3,7,11-12H2,1-2H3,(H,26,30)/t14-,18+;13-,17+;2*14-,18+/m0000/s1. The van der Waals surface area contributed by atoms with E-state index in [1.807, 2.05) is 14.2 Å². The number of amides is 4. The number of hydrogen-bond acceptors (Lipinski definition) is 28. The molecule has 20 rings (SSSR count). The average Bonchev–Trinajstić information content (AvgIpc) is 1.40. The molecule has 0 spiro atoms. The molecule has 8 aliphatic rings. The van der Waals surface area contributed by atoms with Crippen LogP contribution in [0.15, 0.2) is 135 Å². The van der Waals surface area contributed by atoms with Crippen LogP contribution in [-0.4, -0.2) is 212 Å². The van der Waals surface area contributed by atoms with Crippen LogP contribution in [0.1, 0.15) is 183 Å². The Morgan fingerprint density at radius 1 is 0.378 bits per heavy atom. The lowest BCUT2D eigenvalue weighted by Gasteiger charge is -2.30. The Kier molecular flexibility index (Phi) is 26.9. The molecule has 4 saturated heterocycles. The second kappa shape index (κ2) is 38.1. The van der Waals surface area contributed by atoms with E-state index in [4.69, 9.17) is 37.9 Å². The Hall–Kier alpha value is -13.8. The second-order valence-corrected chi connectivity index (χ2v) is 46.6. The summed E-state index contributed by atoms with van der Waals surface area (Å²) < 4.78 is 301. The molecule has 0 bridgehead atoms. The summed E-state index contributed by atoms with van der Waals surface area (Å²) in [5, 5.41) is 16.2. The van der Waals surface area contributed by atoms with Crippen molar-refractivity contribution in [2.24, 2.45) is 0 Å². The van der Waals surface area contributed by atoms with Crippen molar-refractivity contribution in [1.29, 1.82) is 0 Å². The third-order valence-corrected chi connectivity index (χ3v) is 32.8. The average molecular weight is 2080 g/mol. The summed E-state index contributed by atoms with van der Waals surface area (Å²) in [7, 11) is -14.8. The zero-order valence-corrected chi connectivity index (χ0v) is 81.4. The Bertz CT molecular complexity index is 7590. The molecule has 0 aliphatic carbocycles. The fourth-order valence-corrected chi connectivity index (χ4v) is 20.3. The van der Waals surface area contributed by atoms with E-state index in [1.165, 1.54) is 168 Å². The highest BCUT2D eigenvalue weighted by Gasteiger charge is 2.46. The van der Waals surface area contributed by atoms with Gasteiger partial charge in [0.15, 0.2) is 57.6 Å². The van der Waals surface area contributed by atoms with Crippen LogP contribution in [0, 0.1) is 34.9 Å². The maximum Gasteiger partial charge on any atom is 0.303 e. The number of hydrogen-bond donors (Lipinski definition) is 4. The summed E-state index contributed by atoms with van der Waals surface area (Å²) >= 11 is 0. The Labute approximate surface area is 811 Å². The molecule has 37 nitrogen and oxygen atoms in total. The van der Waals surface area contributed by atoms with Gasteiger partial charge in [0.05, 0.1) is 108 Å². The van der Waals surface area contributed by atoms with Gasteiger partial charge in [-0.05, 0) is 123 Å². The third-order valence-electron chi connectivity index (χ3n) is 25.1. The van der Waals surface area contributed by atoms with Gasteiger partial charge in [0.1, 0.15) is 72.2 Å². The summed E-state index contributed by atoms with van der Waals surface area (Å²) in [6.45, 7) is 14.7. The maximum absolute atomic E-state index is 16.0. The van der Waals surface area contributed by atoms with E-state index in [0.29, 0.717) is 56.2 Å². The Morgan fingerprint density at radius 2 is 0.664 bits per heavy atom. The smallest absolute Gasteiger partial charge is 0.303 e. The van der Waals surface area contributed by atoms with Gasteiger partial charge in [-0.2, -0.15) is 33.1 Å². The van der Waals surface area contributed by atoms with Crippen LogP contribution in [0.2, 0.25) is 0 Å². The quantitative estimate of drug-likeness (QED) is 0.0580. The molecule has 4 N–H and O–H groups in total. The highest BCUT2D eigenvalue weighted by atomic mass is 32.2. The summed E-state index contributed by atoms with van der Waals surface area (Å²) in [4.78, 5) is 57.7. The van der Waals surface area contributed by atoms with Gasteiger partial charge in [0.25, 0.3) is 23.6 Å². The number of rotatable bonds is 18.